The van der Waals surface area contributed by atoms with E-state index in [0.29, 0.717) is 18.1 Å². The van der Waals surface area contributed by atoms with E-state index in [-0.39, 0.29) is 0 Å². The van der Waals surface area contributed by atoms with Gasteiger partial charge in [0.25, 0.3) is 0 Å². The molecule has 0 N–H and O–H groups in total. The second kappa shape index (κ2) is 5.58. The number of halogens is 1. The van der Waals surface area contributed by atoms with Crippen LogP contribution in [0.2, 0.25) is 0 Å². The molecule has 3 rings (SSSR count). The Bertz CT molecular complexity index is 742. The number of benzene rings is 1. The number of ether oxygens (including phenoxy) is 2. The molecule has 2 aromatic rings. The SMILES string of the molecule is COc1nc(C2=CCC(Br)(OC)C=C2)nc2ccccc12. The summed E-state index contributed by atoms with van der Waals surface area (Å²) in [4.78, 5) is 9.12. The minimum Gasteiger partial charge on any atom is -0.480 e. The second-order valence-corrected chi connectivity index (χ2v) is 6.10. The molecule has 0 radical (unpaired) electrons. The van der Waals surface area contributed by atoms with E-state index in [9.17, 15) is 0 Å². The first-order valence-corrected chi connectivity index (χ1v) is 7.39. The number of hydrogen-bond donors (Lipinski definition) is 0. The van der Waals surface area contributed by atoms with E-state index in [1.54, 1.807) is 14.2 Å². The van der Waals surface area contributed by atoms with Crippen LogP contribution in [0.4, 0.5) is 0 Å². The van der Waals surface area contributed by atoms with Crippen molar-refractivity contribution in [2.75, 3.05) is 14.2 Å². The first-order valence-electron chi connectivity index (χ1n) is 6.60. The standard InChI is InChI=1S/C16H15BrN2O2/c1-20-15-12-5-3-4-6-13(12)18-14(19-15)11-7-9-16(17,21-2)10-8-11/h3-9H,10H2,1-2H3. The van der Waals surface area contributed by atoms with Gasteiger partial charge in [-0.2, -0.15) is 4.98 Å². The highest BCUT2D eigenvalue weighted by molar-refractivity contribution is 9.10. The summed E-state index contributed by atoms with van der Waals surface area (Å²) < 4.78 is 10.3. The van der Waals surface area contributed by atoms with Crippen LogP contribution in [0, 0.1) is 0 Å². The largest absolute Gasteiger partial charge is 0.480 e. The zero-order valence-corrected chi connectivity index (χ0v) is 13.4. The van der Waals surface area contributed by atoms with Gasteiger partial charge in [0.05, 0.1) is 18.0 Å². The minimum absolute atomic E-state index is 0.433. The topological polar surface area (TPSA) is 44.2 Å². The summed E-state index contributed by atoms with van der Waals surface area (Å²) >= 11 is 3.54. The van der Waals surface area contributed by atoms with Crippen LogP contribution < -0.4 is 4.74 Å². The maximum Gasteiger partial charge on any atom is 0.224 e. The molecule has 4 nitrogen and oxygen atoms in total. The van der Waals surface area contributed by atoms with Gasteiger partial charge in [-0.05, 0) is 34.1 Å². The number of fused-ring (bicyclic) bond motifs is 1. The molecule has 0 saturated carbocycles. The molecule has 1 atom stereocenters. The number of rotatable bonds is 3. The lowest BCUT2D eigenvalue weighted by molar-refractivity contribution is 0.119. The van der Waals surface area contributed by atoms with Crippen molar-refractivity contribution in [2.24, 2.45) is 0 Å². The number of nitrogens with zero attached hydrogens (tertiary/aromatic N) is 2. The number of methoxy groups -OCH3 is 2. The van der Waals surface area contributed by atoms with Crippen molar-refractivity contribution in [1.82, 2.24) is 9.97 Å². The van der Waals surface area contributed by atoms with Crippen LogP contribution in [0.3, 0.4) is 0 Å². The zero-order valence-electron chi connectivity index (χ0n) is 11.8. The van der Waals surface area contributed by atoms with E-state index in [1.807, 2.05) is 36.4 Å². The molecule has 1 unspecified atom stereocenters. The van der Waals surface area contributed by atoms with E-state index in [4.69, 9.17) is 9.47 Å². The summed E-state index contributed by atoms with van der Waals surface area (Å²) in [6, 6.07) is 7.82. The molecule has 0 bridgehead atoms. The van der Waals surface area contributed by atoms with Crippen molar-refractivity contribution in [1.29, 1.82) is 0 Å². The third-order valence-electron chi connectivity index (χ3n) is 3.47. The van der Waals surface area contributed by atoms with Crippen LogP contribution in [0.25, 0.3) is 16.5 Å². The summed E-state index contributed by atoms with van der Waals surface area (Å²) in [6.07, 6.45) is 6.70. The van der Waals surface area contributed by atoms with Gasteiger partial charge >= 0.3 is 0 Å². The fourth-order valence-electron chi connectivity index (χ4n) is 2.25. The Labute approximate surface area is 131 Å². The van der Waals surface area contributed by atoms with Crippen molar-refractivity contribution in [2.45, 2.75) is 10.9 Å². The molecule has 5 heteroatoms. The van der Waals surface area contributed by atoms with Gasteiger partial charge in [0.1, 0.15) is 4.51 Å². The fourth-order valence-corrected chi connectivity index (χ4v) is 2.54. The normalized spacial score (nSPS) is 21.4. The minimum atomic E-state index is -0.433. The maximum absolute atomic E-state index is 5.40. The highest BCUT2D eigenvalue weighted by Crippen LogP contribution is 2.33. The Hall–Kier alpha value is -1.72. The summed E-state index contributed by atoms with van der Waals surface area (Å²) in [5.41, 5.74) is 1.84. The molecular formula is C16H15BrN2O2. The van der Waals surface area contributed by atoms with Gasteiger partial charge in [0.2, 0.25) is 5.88 Å². The lowest BCUT2D eigenvalue weighted by atomic mass is 10.0. The lowest BCUT2D eigenvalue weighted by Crippen LogP contribution is -2.21. The Balaban J connectivity index is 2.04. The predicted octanol–water partition coefficient (Wildman–Crippen LogP) is 3.72. The Kier molecular flexibility index (Phi) is 3.78. The molecular weight excluding hydrogens is 332 g/mol. The van der Waals surface area contributed by atoms with Crippen LogP contribution in [-0.4, -0.2) is 28.7 Å². The molecule has 1 aromatic carbocycles. The van der Waals surface area contributed by atoms with Gasteiger partial charge in [-0.3, -0.25) is 0 Å². The first-order chi connectivity index (χ1) is 10.1. The van der Waals surface area contributed by atoms with Crippen molar-refractivity contribution in [3.05, 3.63) is 48.3 Å². The maximum atomic E-state index is 5.40. The lowest BCUT2D eigenvalue weighted by Gasteiger charge is -2.24. The van der Waals surface area contributed by atoms with E-state index in [2.05, 4.69) is 32.0 Å². The molecule has 0 saturated heterocycles. The van der Waals surface area contributed by atoms with E-state index in [1.165, 1.54) is 0 Å². The number of aromatic nitrogens is 2. The quantitative estimate of drug-likeness (QED) is 0.794. The molecule has 0 spiro atoms. The second-order valence-electron chi connectivity index (χ2n) is 4.76. The van der Waals surface area contributed by atoms with Gasteiger partial charge in [0.15, 0.2) is 5.82 Å². The Morgan fingerprint density at radius 3 is 2.67 bits per heavy atom. The molecule has 0 aliphatic heterocycles. The van der Waals surface area contributed by atoms with Crippen LogP contribution in [0.1, 0.15) is 12.2 Å². The summed E-state index contributed by atoms with van der Waals surface area (Å²) in [5.74, 6) is 1.25. The van der Waals surface area contributed by atoms with Gasteiger partial charge in [-0.1, -0.05) is 24.3 Å². The summed E-state index contributed by atoms with van der Waals surface area (Å²) in [7, 11) is 3.30. The summed E-state index contributed by atoms with van der Waals surface area (Å²) in [5, 5.41) is 0.913. The molecule has 108 valence electrons. The third-order valence-corrected chi connectivity index (χ3v) is 4.38. The smallest absolute Gasteiger partial charge is 0.224 e. The van der Waals surface area contributed by atoms with Gasteiger partial charge in [-0.15, -0.1) is 0 Å². The van der Waals surface area contributed by atoms with Crippen molar-refractivity contribution >= 4 is 32.4 Å². The van der Waals surface area contributed by atoms with Gasteiger partial charge < -0.3 is 9.47 Å². The number of alkyl halides is 1. The number of hydrogen-bond acceptors (Lipinski definition) is 4. The van der Waals surface area contributed by atoms with Crippen LogP contribution >= 0.6 is 15.9 Å². The molecule has 1 aliphatic rings. The molecule has 21 heavy (non-hydrogen) atoms. The Morgan fingerprint density at radius 2 is 2.00 bits per heavy atom. The van der Waals surface area contributed by atoms with Gasteiger partial charge in [-0.25, -0.2) is 4.98 Å². The highest BCUT2D eigenvalue weighted by atomic mass is 79.9. The fraction of sp³-hybridized carbons (Fsp3) is 0.250. The van der Waals surface area contributed by atoms with Gasteiger partial charge in [0, 0.05) is 19.1 Å². The zero-order chi connectivity index (χ0) is 14.9. The number of allylic oxidation sites excluding steroid dienone is 2. The molecule has 1 heterocycles. The molecule has 0 fully saturated rings. The molecule has 0 amide bonds. The van der Waals surface area contributed by atoms with Crippen molar-refractivity contribution < 1.29 is 9.47 Å². The van der Waals surface area contributed by atoms with E-state index < -0.39 is 4.51 Å². The third kappa shape index (κ3) is 2.71. The van der Waals surface area contributed by atoms with Crippen molar-refractivity contribution in [3.63, 3.8) is 0 Å². The average Bonchev–Trinajstić information content (AvgIpc) is 2.54. The van der Waals surface area contributed by atoms with Crippen LogP contribution in [-0.2, 0) is 4.74 Å². The first kappa shape index (κ1) is 14.2. The van der Waals surface area contributed by atoms with Crippen LogP contribution in [0.5, 0.6) is 5.88 Å². The highest BCUT2D eigenvalue weighted by Gasteiger charge is 2.25. The average molecular weight is 347 g/mol. The van der Waals surface area contributed by atoms with E-state index >= 15 is 0 Å². The molecule has 1 aliphatic carbocycles. The molecule has 1 aromatic heterocycles. The van der Waals surface area contributed by atoms with Crippen molar-refractivity contribution in [3.8, 4) is 5.88 Å². The monoisotopic (exact) mass is 346 g/mol. The summed E-state index contributed by atoms with van der Waals surface area (Å²) in [6.45, 7) is 0. The van der Waals surface area contributed by atoms with E-state index in [0.717, 1.165) is 16.5 Å². The Morgan fingerprint density at radius 1 is 1.19 bits per heavy atom. The number of para-hydroxylation sites is 1. The predicted molar refractivity (Wildman–Crippen MR) is 86.5 cm³/mol. The van der Waals surface area contributed by atoms with Crippen LogP contribution in [0.15, 0.2) is 42.5 Å².